The zero-order valence-corrected chi connectivity index (χ0v) is 12.4. The molecule has 5 nitrogen and oxygen atoms in total. The van der Waals surface area contributed by atoms with E-state index < -0.39 is 6.10 Å². The van der Waals surface area contributed by atoms with Crippen molar-refractivity contribution >= 4 is 0 Å². The Kier molecular flexibility index (Phi) is 5.25. The third-order valence-corrected chi connectivity index (χ3v) is 3.52. The van der Waals surface area contributed by atoms with E-state index in [1.165, 1.54) is 12.1 Å². The molecule has 0 aromatic heterocycles. The van der Waals surface area contributed by atoms with E-state index in [4.69, 9.17) is 0 Å². The molecule has 22 heavy (non-hydrogen) atoms. The minimum absolute atomic E-state index is 0.143. The summed E-state index contributed by atoms with van der Waals surface area (Å²) in [6.45, 7) is 2.34. The average molecular weight is 303 g/mol. The molecule has 118 valence electrons. The van der Waals surface area contributed by atoms with Crippen LogP contribution in [0.3, 0.4) is 0 Å². The number of phenolic OH excluding ortho intramolecular Hbond substituents is 3. The van der Waals surface area contributed by atoms with Crippen LogP contribution in [-0.2, 0) is 6.42 Å². The molecule has 0 fully saturated rings. The molecule has 2 aromatic carbocycles. The largest absolute Gasteiger partial charge is 0.508 e. The quantitative estimate of drug-likeness (QED) is 0.527. The lowest BCUT2D eigenvalue weighted by atomic mass is 10.1. The van der Waals surface area contributed by atoms with Gasteiger partial charge in [0.1, 0.15) is 5.75 Å². The van der Waals surface area contributed by atoms with Gasteiger partial charge >= 0.3 is 0 Å². The topological polar surface area (TPSA) is 93.0 Å². The Morgan fingerprint density at radius 1 is 0.955 bits per heavy atom. The zero-order valence-electron chi connectivity index (χ0n) is 12.4. The lowest BCUT2D eigenvalue weighted by Crippen LogP contribution is -2.32. The molecule has 0 unspecified atom stereocenters. The number of rotatable bonds is 6. The van der Waals surface area contributed by atoms with E-state index >= 15 is 0 Å². The predicted octanol–water partition coefficient (Wildman–Crippen LogP) is 2.06. The van der Waals surface area contributed by atoms with Crippen LogP contribution in [-0.4, -0.2) is 33.0 Å². The van der Waals surface area contributed by atoms with E-state index in [0.29, 0.717) is 12.1 Å². The van der Waals surface area contributed by atoms with Crippen LogP contribution in [0.1, 0.15) is 24.2 Å². The fourth-order valence-electron chi connectivity index (χ4n) is 2.24. The van der Waals surface area contributed by atoms with E-state index in [0.717, 1.165) is 12.0 Å². The summed E-state index contributed by atoms with van der Waals surface area (Å²) in [5, 5.41) is 41.3. The van der Waals surface area contributed by atoms with Crippen LogP contribution < -0.4 is 5.32 Å². The van der Waals surface area contributed by atoms with E-state index in [1.807, 2.05) is 19.1 Å². The average Bonchev–Trinajstić information content (AvgIpc) is 2.50. The van der Waals surface area contributed by atoms with Crippen LogP contribution >= 0.6 is 0 Å². The number of aliphatic hydroxyl groups is 1. The van der Waals surface area contributed by atoms with Crippen molar-refractivity contribution in [2.75, 3.05) is 6.54 Å². The van der Waals surface area contributed by atoms with Crippen molar-refractivity contribution in [2.45, 2.75) is 25.5 Å². The zero-order chi connectivity index (χ0) is 16.1. The van der Waals surface area contributed by atoms with Gasteiger partial charge in [-0.3, -0.25) is 0 Å². The van der Waals surface area contributed by atoms with Crippen molar-refractivity contribution in [2.24, 2.45) is 0 Å². The Morgan fingerprint density at radius 2 is 1.64 bits per heavy atom. The van der Waals surface area contributed by atoms with Gasteiger partial charge in [0.2, 0.25) is 0 Å². The monoisotopic (exact) mass is 303 g/mol. The lowest BCUT2D eigenvalue weighted by molar-refractivity contribution is 0.170. The standard InChI is InChI=1S/C17H21NO4/c1-11(8-12-2-5-14(19)6-3-12)18-10-17(22)13-4-7-15(20)16(21)9-13/h2-7,9,11,17-22H,8,10H2,1H3/t11-,17+/m0/s1. The third-order valence-electron chi connectivity index (χ3n) is 3.52. The molecule has 0 aliphatic carbocycles. The normalized spacial score (nSPS) is 13.7. The summed E-state index contributed by atoms with van der Waals surface area (Å²) in [6, 6.07) is 11.5. The number of hydrogen-bond acceptors (Lipinski definition) is 5. The maximum atomic E-state index is 10.1. The first-order valence-corrected chi connectivity index (χ1v) is 7.17. The number of phenols is 3. The van der Waals surface area contributed by atoms with E-state index in [-0.39, 0.29) is 23.3 Å². The molecule has 0 radical (unpaired) electrons. The highest BCUT2D eigenvalue weighted by molar-refractivity contribution is 5.41. The molecule has 0 spiro atoms. The summed E-state index contributed by atoms with van der Waals surface area (Å²) in [7, 11) is 0. The maximum absolute atomic E-state index is 10.1. The highest BCUT2D eigenvalue weighted by Gasteiger charge is 2.12. The fraction of sp³-hybridized carbons (Fsp3) is 0.294. The summed E-state index contributed by atoms with van der Waals surface area (Å²) in [5.41, 5.74) is 1.63. The molecule has 2 aromatic rings. The summed E-state index contributed by atoms with van der Waals surface area (Å²) >= 11 is 0. The van der Waals surface area contributed by atoms with Gasteiger partial charge in [-0.15, -0.1) is 0 Å². The van der Waals surface area contributed by atoms with Gasteiger partial charge in [0, 0.05) is 12.6 Å². The molecule has 0 bridgehead atoms. The van der Waals surface area contributed by atoms with Crippen LogP contribution in [0, 0.1) is 0 Å². The summed E-state index contributed by atoms with van der Waals surface area (Å²) in [6.07, 6.45) is 0.00200. The van der Waals surface area contributed by atoms with E-state index in [9.17, 15) is 20.4 Å². The maximum Gasteiger partial charge on any atom is 0.157 e. The highest BCUT2D eigenvalue weighted by atomic mass is 16.3. The second-order valence-corrected chi connectivity index (χ2v) is 5.44. The van der Waals surface area contributed by atoms with Crippen LogP contribution in [0.25, 0.3) is 0 Å². The van der Waals surface area contributed by atoms with Crippen LogP contribution in [0.15, 0.2) is 42.5 Å². The van der Waals surface area contributed by atoms with Gasteiger partial charge in [-0.1, -0.05) is 18.2 Å². The minimum atomic E-state index is -0.770. The Balaban J connectivity index is 1.85. The molecule has 0 aliphatic heterocycles. The predicted molar refractivity (Wildman–Crippen MR) is 84.0 cm³/mol. The second-order valence-electron chi connectivity index (χ2n) is 5.44. The first-order chi connectivity index (χ1) is 10.5. The molecule has 0 heterocycles. The van der Waals surface area contributed by atoms with Gasteiger partial charge in [-0.2, -0.15) is 0 Å². The summed E-state index contributed by atoms with van der Waals surface area (Å²) in [4.78, 5) is 0. The van der Waals surface area contributed by atoms with Crippen LogP contribution in [0.4, 0.5) is 0 Å². The number of aliphatic hydroxyl groups excluding tert-OH is 1. The van der Waals surface area contributed by atoms with E-state index in [2.05, 4.69) is 5.32 Å². The van der Waals surface area contributed by atoms with Gasteiger partial charge in [0.25, 0.3) is 0 Å². The van der Waals surface area contributed by atoms with Crippen molar-refractivity contribution in [3.63, 3.8) is 0 Å². The van der Waals surface area contributed by atoms with Gasteiger partial charge in [0.15, 0.2) is 11.5 Å². The van der Waals surface area contributed by atoms with Gasteiger partial charge in [-0.05, 0) is 48.7 Å². The highest BCUT2D eigenvalue weighted by Crippen LogP contribution is 2.27. The number of nitrogens with one attached hydrogen (secondary N) is 1. The van der Waals surface area contributed by atoms with Gasteiger partial charge < -0.3 is 25.7 Å². The minimum Gasteiger partial charge on any atom is -0.508 e. The number of benzene rings is 2. The molecular formula is C17H21NO4. The molecule has 0 aliphatic rings. The number of aromatic hydroxyl groups is 3. The van der Waals surface area contributed by atoms with Crippen molar-refractivity contribution < 1.29 is 20.4 Å². The molecule has 0 saturated carbocycles. The Hall–Kier alpha value is -2.24. The van der Waals surface area contributed by atoms with E-state index in [1.54, 1.807) is 18.2 Å². The van der Waals surface area contributed by atoms with Gasteiger partial charge in [-0.25, -0.2) is 0 Å². The second kappa shape index (κ2) is 7.15. The third kappa shape index (κ3) is 4.38. The SMILES string of the molecule is C[C@@H](Cc1ccc(O)cc1)NC[C@@H](O)c1ccc(O)c(O)c1. The summed E-state index contributed by atoms with van der Waals surface area (Å²) < 4.78 is 0. The molecule has 2 atom stereocenters. The number of hydrogen-bond donors (Lipinski definition) is 5. The molecule has 5 N–H and O–H groups in total. The first-order valence-electron chi connectivity index (χ1n) is 7.17. The van der Waals surface area contributed by atoms with Crippen LogP contribution in [0.5, 0.6) is 17.2 Å². The van der Waals surface area contributed by atoms with Gasteiger partial charge in [0.05, 0.1) is 6.10 Å². The van der Waals surface area contributed by atoms with Crippen molar-refractivity contribution in [1.29, 1.82) is 0 Å². The molecule has 0 amide bonds. The lowest BCUT2D eigenvalue weighted by Gasteiger charge is -2.18. The Morgan fingerprint density at radius 3 is 2.27 bits per heavy atom. The Bertz CT molecular complexity index is 613. The Labute approximate surface area is 129 Å². The van der Waals surface area contributed by atoms with Crippen LogP contribution in [0.2, 0.25) is 0 Å². The van der Waals surface area contributed by atoms with Crippen molar-refractivity contribution in [3.8, 4) is 17.2 Å². The van der Waals surface area contributed by atoms with Crippen molar-refractivity contribution in [1.82, 2.24) is 5.32 Å². The smallest absolute Gasteiger partial charge is 0.157 e. The molecular weight excluding hydrogens is 282 g/mol. The fourth-order valence-corrected chi connectivity index (χ4v) is 2.24. The summed E-state index contributed by atoms with van der Waals surface area (Å²) in [5.74, 6) is -0.203. The first kappa shape index (κ1) is 16.1. The molecule has 0 saturated heterocycles. The molecule has 5 heteroatoms. The molecule has 2 rings (SSSR count). The van der Waals surface area contributed by atoms with Crippen molar-refractivity contribution in [3.05, 3.63) is 53.6 Å².